The van der Waals surface area contributed by atoms with Crippen molar-refractivity contribution in [3.05, 3.63) is 69.1 Å². The molecular weight excluding hydrogens is 425 g/mol. The lowest BCUT2D eigenvalue weighted by molar-refractivity contribution is 0.417. The highest BCUT2D eigenvalue weighted by Gasteiger charge is 2.06. The number of benzene rings is 2. The minimum atomic E-state index is 0.156. The molecule has 3 rings (SSSR count). The van der Waals surface area contributed by atoms with Crippen molar-refractivity contribution in [1.29, 1.82) is 0 Å². The molecule has 0 aliphatic rings. The molecule has 25 heavy (non-hydrogen) atoms. The highest BCUT2D eigenvalue weighted by molar-refractivity contribution is 9.10. The first-order valence-corrected chi connectivity index (χ1v) is 8.80. The van der Waals surface area contributed by atoms with Gasteiger partial charge >= 0.3 is 0 Å². The summed E-state index contributed by atoms with van der Waals surface area (Å²) in [5, 5.41) is 0.484. The van der Waals surface area contributed by atoms with E-state index in [1.165, 1.54) is 11.8 Å². The molecular formula is C18H16BrCl2N3O. The van der Waals surface area contributed by atoms with Gasteiger partial charge in [0.2, 0.25) is 5.28 Å². The van der Waals surface area contributed by atoms with Gasteiger partial charge in [-0.15, -0.1) is 0 Å². The monoisotopic (exact) mass is 439 g/mol. The van der Waals surface area contributed by atoms with E-state index in [0.717, 1.165) is 16.9 Å². The van der Waals surface area contributed by atoms with E-state index in [-0.39, 0.29) is 5.28 Å². The van der Waals surface area contributed by atoms with Crippen molar-refractivity contribution in [3.8, 4) is 16.9 Å². The van der Waals surface area contributed by atoms with Gasteiger partial charge < -0.3 is 10.5 Å². The summed E-state index contributed by atoms with van der Waals surface area (Å²) < 4.78 is 5.88. The van der Waals surface area contributed by atoms with E-state index in [9.17, 15) is 0 Å². The van der Waals surface area contributed by atoms with E-state index in [1.807, 2.05) is 30.3 Å². The van der Waals surface area contributed by atoms with Gasteiger partial charge in [-0.3, -0.25) is 0 Å². The number of aromatic nitrogens is 2. The Bertz CT molecular complexity index is 860. The molecule has 0 bridgehead atoms. The van der Waals surface area contributed by atoms with Gasteiger partial charge in [-0.1, -0.05) is 41.9 Å². The molecule has 0 radical (unpaired) electrons. The van der Waals surface area contributed by atoms with Crippen molar-refractivity contribution >= 4 is 44.8 Å². The van der Waals surface area contributed by atoms with Crippen LogP contribution in [0.3, 0.4) is 0 Å². The lowest BCUT2D eigenvalue weighted by Gasteiger charge is -2.11. The molecule has 0 fully saturated rings. The lowest BCUT2D eigenvalue weighted by atomic mass is 9.99. The van der Waals surface area contributed by atoms with Gasteiger partial charge in [0, 0.05) is 6.20 Å². The Hall–Kier alpha value is -1.82. The minimum Gasteiger partial charge on any atom is -0.495 e. The number of anilines is 1. The number of nitrogen functional groups attached to an aromatic ring is 1. The summed E-state index contributed by atoms with van der Waals surface area (Å²) >= 11 is 14.0. The number of methoxy groups -OCH3 is 1. The van der Waals surface area contributed by atoms with Crippen molar-refractivity contribution in [1.82, 2.24) is 9.97 Å². The molecule has 3 aromatic rings. The Morgan fingerprint density at radius 3 is 2.36 bits per heavy atom. The van der Waals surface area contributed by atoms with Gasteiger partial charge in [0.15, 0.2) is 0 Å². The van der Waals surface area contributed by atoms with Crippen LogP contribution in [0.15, 0.2) is 53.1 Å². The Morgan fingerprint density at radius 1 is 1.12 bits per heavy atom. The van der Waals surface area contributed by atoms with E-state index in [1.54, 1.807) is 7.11 Å². The smallest absolute Gasteiger partial charge is 0.223 e. The first kappa shape index (κ1) is 19.5. The summed E-state index contributed by atoms with van der Waals surface area (Å²) in [6, 6.07) is 14.2. The largest absolute Gasteiger partial charge is 0.495 e. The topological polar surface area (TPSA) is 61.0 Å². The fourth-order valence-corrected chi connectivity index (χ4v) is 2.64. The van der Waals surface area contributed by atoms with Crippen LogP contribution in [-0.2, 0) is 0 Å². The van der Waals surface area contributed by atoms with Gasteiger partial charge in [-0.25, -0.2) is 9.97 Å². The van der Waals surface area contributed by atoms with Crippen LogP contribution in [-0.4, -0.2) is 17.1 Å². The molecule has 0 aliphatic heterocycles. The molecule has 4 nitrogen and oxygen atoms in total. The Kier molecular flexibility index (Phi) is 7.05. The second kappa shape index (κ2) is 9.04. The first-order valence-electron chi connectivity index (χ1n) is 7.25. The van der Waals surface area contributed by atoms with Crippen LogP contribution < -0.4 is 10.5 Å². The normalized spacial score (nSPS) is 9.96. The Labute approximate surface area is 165 Å². The van der Waals surface area contributed by atoms with Gasteiger partial charge in [-0.05, 0) is 63.3 Å². The molecule has 7 heteroatoms. The van der Waals surface area contributed by atoms with Gasteiger partial charge in [-0.2, -0.15) is 0 Å². The summed E-state index contributed by atoms with van der Waals surface area (Å²) in [5.41, 5.74) is 10.0. The number of rotatable bonds is 2. The molecule has 1 aromatic heterocycles. The summed E-state index contributed by atoms with van der Waals surface area (Å²) in [5.74, 6) is 0.726. The zero-order valence-corrected chi connectivity index (χ0v) is 16.7. The number of nitrogens with zero attached hydrogens (tertiary/aromatic N) is 2. The summed E-state index contributed by atoms with van der Waals surface area (Å²) in [6.07, 6.45) is 1.50. The maximum absolute atomic E-state index is 5.85. The van der Waals surface area contributed by atoms with Crippen molar-refractivity contribution in [2.45, 2.75) is 6.92 Å². The average molecular weight is 441 g/mol. The summed E-state index contributed by atoms with van der Waals surface area (Å²) in [7, 11) is 1.63. The predicted molar refractivity (Wildman–Crippen MR) is 107 cm³/mol. The van der Waals surface area contributed by atoms with Crippen LogP contribution in [0.25, 0.3) is 11.1 Å². The van der Waals surface area contributed by atoms with E-state index in [4.69, 9.17) is 33.7 Å². The fraction of sp³-hybridized carbons (Fsp3) is 0.111. The van der Waals surface area contributed by atoms with Gasteiger partial charge in [0.05, 0.1) is 17.3 Å². The number of aryl methyl sites for hydroxylation is 1. The van der Waals surface area contributed by atoms with Crippen molar-refractivity contribution in [2.75, 3.05) is 12.8 Å². The van der Waals surface area contributed by atoms with Crippen molar-refractivity contribution < 1.29 is 4.74 Å². The Balaban J connectivity index is 0.000000212. The maximum Gasteiger partial charge on any atom is 0.223 e. The third kappa shape index (κ3) is 5.33. The van der Waals surface area contributed by atoms with Crippen molar-refractivity contribution in [2.24, 2.45) is 0 Å². The van der Waals surface area contributed by atoms with E-state index < -0.39 is 0 Å². The number of halogens is 3. The SMILES string of the molecule is COc1cc(-c2ccccc2)c(C)cc1N.Clc1ncc(Br)c(Cl)n1. The van der Waals surface area contributed by atoms with E-state index in [2.05, 4.69) is 45.0 Å². The third-order valence-corrected chi connectivity index (χ3v) is 4.61. The first-order chi connectivity index (χ1) is 11.9. The second-order valence-electron chi connectivity index (χ2n) is 5.05. The molecule has 2 N–H and O–H groups in total. The van der Waals surface area contributed by atoms with Crippen LogP contribution in [0.1, 0.15) is 5.56 Å². The number of hydrogen-bond donors (Lipinski definition) is 1. The van der Waals surface area contributed by atoms with Crippen LogP contribution in [0, 0.1) is 6.92 Å². The molecule has 0 aliphatic carbocycles. The highest BCUT2D eigenvalue weighted by atomic mass is 79.9. The Morgan fingerprint density at radius 2 is 1.80 bits per heavy atom. The van der Waals surface area contributed by atoms with E-state index >= 15 is 0 Å². The zero-order valence-electron chi connectivity index (χ0n) is 13.6. The molecule has 2 aromatic carbocycles. The predicted octanol–water partition coefficient (Wildman–Crippen LogP) is 5.80. The molecule has 0 unspecified atom stereocenters. The highest BCUT2D eigenvalue weighted by Crippen LogP contribution is 2.31. The molecule has 0 spiro atoms. The molecule has 0 saturated carbocycles. The molecule has 130 valence electrons. The number of hydrogen-bond acceptors (Lipinski definition) is 4. The molecule has 0 atom stereocenters. The average Bonchev–Trinajstić information content (AvgIpc) is 2.60. The molecule has 0 amide bonds. The summed E-state index contributed by atoms with van der Waals surface area (Å²) in [4.78, 5) is 7.31. The third-order valence-electron chi connectivity index (χ3n) is 3.33. The van der Waals surface area contributed by atoms with Crippen molar-refractivity contribution in [3.63, 3.8) is 0 Å². The molecule has 1 heterocycles. The fourth-order valence-electron chi connectivity index (χ4n) is 2.14. The summed E-state index contributed by atoms with van der Waals surface area (Å²) in [6.45, 7) is 2.05. The lowest BCUT2D eigenvalue weighted by Crippen LogP contribution is -1.94. The number of ether oxygens (including phenoxy) is 1. The maximum atomic E-state index is 5.85. The van der Waals surface area contributed by atoms with E-state index in [0.29, 0.717) is 15.3 Å². The minimum absolute atomic E-state index is 0.156. The van der Waals surface area contributed by atoms with Crippen LogP contribution in [0.5, 0.6) is 5.75 Å². The molecule has 0 saturated heterocycles. The van der Waals surface area contributed by atoms with Crippen LogP contribution in [0.4, 0.5) is 5.69 Å². The van der Waals surface area contributed by atoms with Gasteiger partial charge in [0.1, 0.15) is 10.9 Å². The second-order valence-corrected chi connectivity index (χ2v) is 6.60. The number of nitrogens with two attached hydrogens (primary N) is 1. The van der Waals surface area contributed by atoms with Crippen LogP contribution >= 0.6 is 39.1 Å². The van der Waals surface area contributed by atoms with Crippen LogP contribution in [0.2, 0.25) is 10.4 Å². The standard InChI is InChI=1S/C14H15NO.C4HBrCl2N2/c1-10-8-13(15)14(16-2)9-12(10)11-6-4-3-5-7-11;5-2-1-8-4(7)9-3(2)6/h3-9H,15H2,1-2H3;1H. The quantitative estimate of drug-likeness (QED) is 0.310. The zero-order chi connectivity index (χ0) is 18.4. The van der Waals surface area contributed by atoms with Gasteiger partial charge in [0.25, 0.3) is 0 Å².